The molecule has 0 fully saturated rings. The van der Waals surface area contributed by atoms with E-state index in [0.29, 0.717) is 11.3 Å². The van der Waals surface area contributed by atoms with Crippen LogP contribution in [0.5, 0.6) is 0 Å². The number of sulfonamides is 1. The van der Waals surface area contributed by atoms with Crippen LogP contribution in [0.3, 0.4) is 0 Å². The van der Waals surface area contributed by atoms with Crippen molar-refractivity contribution in [2.24, 2.45) is 0 Å². The Hall–Kier alpha value is -3.26. The fourth-order valence-corrected chi connectivity index (χ4v) is 4.34. The highest BCUT2D eigenvalue weighted by molar-refractivity contribution is 7.92. The molecule has 0 amide bonds. The predicted molar refractivity (Wildman–Crippen MR) is 104 cm³/mol. The monoisotopic (exact) mass is 396 g/mol. The van der Waals surface area contributed by atoms with E-state index in [1.54, 1.807) is 36.4 Å². The van der Waals surface area contributed by atoms with Crippen LogP contribution in [0.15, 0.2) is 78.1 Å². The molecular weight excluding hydrogens is 379 g/mol. The summed E-state index contributed by atoms with van der Waals surface area (Å²) in [6.45, 7) is 1.79. The molecule has 28 heavy (non-hydrogen) atoms. The number of pyridine rings is 1. The molecule has 4 rings (SSSR count). The molecule has 0 saturated carbocycles. The van der Waals surface area contributed by atoms with Gasteiger partial charge in [-0.1, -0.05) is 35.9 Å². The minimum absolute atomic E-state index is 0.0664. The second kappa shape index (κ2) is 7.05. The third-order valence-electron chi connectivity index (χ3n) is 4.45. The maximum absolute atomic E-state index is 14.2. The molecule has 0 N–H and O–H groups in total. The first-order valence-corrected chi connectivity index (χ1v) is 10.0. The molecule has 2 aromatic carbocycles. The standard InChI is InChI=1S/C20H17FN4O2S/c1-15-6-8-17(9-7-15)25(12-16-4-2-3-5-19(16)21)28(26,27)18-10-11-20-23-22-14-24(20)13-18/h2-11,13-14H,12H2,1H3. The summed E-state index contributed by atoms with van der Waals surface area (Å²) in [6.07, 6.45) is 2.88. The second-order valence-corrected chi connectivity index (χ2v) is 8.26. The van der Waals surface area contributed by atoms with Crippen molar-refractivity contribution in [1.29, 1.82) is 0 Å². The summed E-state index contributed by atoms with van der Waals surface area (Å²) >= 11 is 0. The number of aromatic nitrogens is 3. The Morgan fingerprint density at radius 1 is 1.04 bits per heavy atom. The summed E-state index contributed by atoms with van der Waals surface area (Å²) < 4.78 is 43.9. The van der Waals surface area contributed by atoms with Crippen LogP contribution in [-0.2, 0) is 16.6 Å². The number of nitrogens with zero attached hydrogens (tertiary/aromatic N) is 4. The van der Waals surface area contributed by atoms with E-state index in [4.69, 9.17) is 0 Å². The van der Waals surface area contributed by atoms with Crippen molar-refractivity contribution in [1.82, 2.24) is 14.6 Å². The van der Waals surface area contributed by atoms with E-state index in [1.165, 1.54) is 33.4 Å². The molecular formula is C20H17FN4O2S. The molecule has 0 aliphatic rings. The van der Waals surface area contributed by atoms with Crippen LogP contribution in [0.2, 0.25) is 0 Å². The minimum Gasteiger partial charge on any atom is -0.288 e. The molecule has 0 spiro atoms. The third kappa shape index (κ3) is 3.34. The minimum atomic E-state index is -3.96. The number of anilines is 1. The summed E-state index contributed by atoms with van der Waals surface area (Å²) in [5, 5.41) is 7.66. The predicted octanol–water partition coefficient (Wildman–Crippen LogP) is 3.57. The van der Waals surface area contributed by atoms with Crippen molar-refractivity contribution in [3.63, 3.8) is 0 Å². The van der Waals surface area contributed by atoms with Gasteiger partial charge in [0.15, 0.2) is 5.65 Å². The Kier molecular flexibility index (Phi) is 4.56. The first kappa shape index (κ1) is 18.1. The summed E-state index contributed by atoms with van der Waals surface area (Å²) in [5.74, 6) is -0.455. The van der Waals surface area contributed by atoms with E-state index in [0.717, 1.165) is 5.56 Å². The van der Waals surface area contributed by atoms with Gasteiger partial charge in [-0.2, -0.15) is 0 Å². The van der Waals surface area contributed by atoms with E-state index in [1.807, 2.05) is 19.1 Å². The van der Waals surface area contributed by atoms with E-state index in [9.17, 15) is 12.8 Å². The van der Waals surface area contributed by atoms with Gasteiger partial charge in [-0.15, -0.1) is 10.2 Å². The first-order valence-electron chi connectivity index (χ1n) is 8.57. The average molecular weight is 396 g/mol. The number of aryl methyl sites for hydroxylation is 1. The van der Waals surface area contributed by atoms with Crippen molar-refractivity contribution < 1.29 is 12.8 Å². The van der Waals surface area contributed by atoms with Gasteiger partial charge in [0.05, 0.1) is 12.2 Å². The summed E-state index contributed by atoms with van der Waals surface area (Å²) in [7, 11) is -3.96. The van der Waals surface area contributed by atoms with E-state index in [-0.39, 0.29) is 17.0 Å². The second-order valence-electron chi connectivity index (χ2n) is 6.40. The number of rotatable bonds is 5. The van der Waals surface area contributed by atoms with Crippen LogP contribution in [-0.4, -0.2) is 23.0 Å². The van der Waals surface area contributed by atoms with Gasteiger partial charge in [-0.3, -0.25) is 8.71 Å². The van der Waals surface area contributed by atoms with Crippen LogP contribution in [0, 0.1) is 12.7 Å². The highest BCUT2D eigenvalue weighted by Crippen LogP contribution is 2.27. The molecule has 0 radical (unpaired) electrons. The van der Waals surface area contributed by atoms with Gasteiger partial charge < -0.3 is 0 Å². The van der Waals surface area contributed by atoms with Crippen LogP contribution in [0.1, 0.15) is 11.1 Å². The van der Waals surface area contributed by atoms with Gasteiger partial charge >= 0.3 is 0 Å². The van der Waals surface area contributed by atoms with Crippen molar-refractivity contribution in [2.45, 2.75) is 18.4 Å². The Morgan fingerprint density at radius 3 is 2.54 bits per heavy atom. The zero-order valence-electron chi connectivity index (χ0n) is 15.0. The molecule has 2 heterocycles. The van der Waals surface area contributed by atoms with Gasteiger partial charge in [0.25, 0.3) is 10.0 Å². The van der Waals surface area contributed by atoms with Crippen molar-refractivity contribution >= 4 is 21.4 Å². The Bertz CT molecular complexity index is 1240. The SMILES string of the molecule is Cc1ccc(N(Cc2ccccc2F)S(=O)(=O)c2ccc3nncn3c2)cc1. The maximum Gasteiger partial charge on any atom is 0.266 e. The molecule has 0 aliphatic heterocycles. The smallest absolute Gasteiger partial charge is 0.266 e. The van der Waals surface area contributed by atoms with Gasteiger partial charge in [-0.05, 0) is 37.3 Å². The van der Waals surface area contributed by atoms with Crippen LogP contribution in [0.25, 0.3) is 5.65 Å². The molecule has 0 aliphatic carbocycles. The Morgan fingerprint density at radius 2 is 1.79 bits per heavy atom. The zero-order chi connectivity index (χ0) is 19.7. The van der Waals surface area contributed by atoms with Crippen LogP contribution in [0.4, 0.5) is 10.1 Å². The molecule has 6 nitrogen and oxygen atoms in total. The molecule has 4 aromatic rings. The van der Waals surface area contributed by atoms with E-state index < -0.39 is 15.8 Å². The van der Waals surface area contributed by atoms with Crippen LogP contribution >= 0.6 is 0 Å². The number of hydrogen-bond acceptors (Lipinski definition) is 4. The fraction of sp³-hybridized carbons (Fsp3) is 0.100. The third-order valence-corrected chi connectivity index (χ3v) is 6.20. The van der Waals surface area contributed by atoms with Crippen LogP contribution < -0.4 is 4.31 Å². The highest BCUT2D eigenvalue weighted by atomic mass is 32.2. The molecule has 8 heteroatoms. The molecule has 2 aromatic heterocycles. The number of benzene rings is 2. The lowest BCUT2D eigenvalue weighted by molar-refractivity contribution is 0.585. The molecule has 0 saturated heterocycles. The fourth-order valence-electron chi connectivity index (χ4n) is 2.89. The van der Waals surface area contributed by atoms with E-state index in [2.05, 4.69) is 10.2 Å². The topological polar surface area (TPSA) is 67.6 Å². The number of hydrogen-bond donors (Lipinski definition) is 0. The zero-order valence-corrected chi connectivity index (χ0v) is 15.8. The van der Waals surface area contributed by atoms with Crippen molar-refractivity contribution in [3.05, 3.63) is 90.1 Å². The van der Waals surface area contributed by atoms with Crippen molar-refractivity contribution in [2.75, 3.05) is 4.31 Å². The van der Waals surface area contributed by atoms with Gasteiger partial charge in [0.1, 0.15) is 17.0 Å². The Labute approximate surface area is 161 Å². The quantitative estimate of drug-likeness (QED) is 0.517. The molecule has 0 bridgehead atoms. The maximum atomic E-state index is 14.2. The normalized spacial score (nSPS) is 11.6. The Balaban J connectivity index is 1.83. The van der Waals surface area contributed by atoms with E-state index >= 15 is 0 Å². The summed E-state index contributed by atoms with van der Waals surface area (Å²) in [5.41, 5.74) is 2.28. The highest BCUT2D eigenvalue weighted by Gasteiger charge is 2.26. The first-order chi connectivity index (χ1) is 13.4. The average Bonchev–Trinajstić information content (AvgIpc) is 3.16. The lowest BCUT2D eigenvalue weighted by Crippen LogP contribution is -2.31. The lowest BCUT2D eigenvalue weighted by Gasteiger charge is -2.25. The van der Waals surface area contributed by atoms with Crippen molar-refractivity contribution in [3.8, 4) is 0 Å². The summed E-state index contributed by atoms with van der Waals surface area (Å²) in [4.78, 5) is 0.0664. The lowest BCUT2D eigenvalue weighted by atomic mass is 10.2. The number of fused-ring (bicyclic) bond motifs is 1. The van der Waals surface area contributed by atoms with Gasteiger partial charge in [0.2, 0.25) is 0 Å². The number of halogens is 1. The summed E-state index contributed by atoms with van der Waals surface area (Å²) in [6, 6.07) is 16.3. The van der Waals surface area contributed by atoms with Gasteiger partial charge in [0, 0.05) is 11.8 Å². The van der Waals surface area contributed by atoms with Gasteiger partial charge in [-0.25, -0.2) is 12.8 Å². The molecule has 0 unspecified atom stereocenters. The molecule has 0 atom stereocenters. The largest absolute Gasteiger partial charge is 0.288 e. The molecule has 142 valence electrons.